The Bertz CT molecular complexity index is 787. The molecule has 0 bridgehead atoms. The van der Waals surface area contributed by atoms with Gasteiger partial charge in [-0.1, -0.05) is 25.1 Å². The number of β-amino-alcohol motifs (C(OH)–C–C–N with tert-alkyl or cyclic N) is 1. The minimum absolute atomic E-state index is 0.0367. The fourth-order valence-corrected chi connectivity index (χ4v) is 4.30. The zero-order valence-electron chi connectivity index (χ0n) is 17.3. The standard InChI is InChI=1S/C22H31N3O3S/c1-3-18-12-22(29-16-18)23-21(27)14-25-10-8-24(9-11-25)13-19(26)15-28-20-7-5-4-6-17(20)2/h4-7,12,16,19,26H,3,8-11,13-15H2,1-2H3,(H,23,27). The van der Waals surface area contributed by atoms with Crippen LogP contribution in [0.1, 0.15) is 18.1 Å². The number of aliphatic hydroxyl groups excluding tert-OH is 1. The number of benzene rings is 1. The Morgan fingerprint density at radius 2 is 1.97 bits per heavy atom. The molecule has 0 aliphatic carbocycles. The van der Waals surface area contributed by atoms with Gasteiger partial charge in [-0.25, -0.2) is 0 Å². The predicted molar refractivity (Wildman–Crippen MR) is 118 cm³/mol. The predicted octanol–water partition coefficient (Wildman–Crippen LogP) is 2.61. The number of nitrogens with one attached hydrogen (secondary N) is 1. The molecule has 0 saturated carbocycles. The van der Waals surface area contributed by atoms with E-state index in [0.717, 1.165) is 48.9 Å². The first kappa shape index (κ1) is 21.8. The molecule has 2 N–H and O–H groups in total. The number of nitrogens with zero attached hydrogens (tertiary/aromatic N) is 2. The number of hydrogen-bond donors (Lipinski definition) is 2. The van der Waals surface area contributed by atoms with Crippen molar-refractivity contribution >= 4 is 22.2 Å². The number of carbonyl (C=O) groups is 1. The molecule has 0 spiro atoms. The third-order valence-corrected chi connectivity index (χ3v) is 6.04. The highest BCUT2D eigenvalue weighted by Crippen LogP contribution is 2.20. The van der Waals surface area contributed by atoms with Crippen molar-refractivity contribution in [1.29, 1.82) is 0 Å². The van der Waals surface area contributed by atoms with E-state index in [9.17, 15) is 9.90 Å². The van der Waals surface area contributed by atoms with Crippen molar-refractivity contribution in [3.05, 3.63) is 46.8 Å². The number of rotatable bonds is 9. The summed E-state index contributed by atoms with van der Waals surface area (Å²) in [5.41, 5.74) is 2.32. The quantitative estimate of drug-likeness (QED) is 0.657. The van der Waals surface area contributed by atoms with Gasteiger partial charge in [-0.2, -0.15) is 0 Å². The Labute approximate surface area is 177 Å². The number of amides is 1. The van der Waals surface area contributed by atoms with Crippen LogP contribution in [0.15, 0.2) is 35.7 Å². The van der Waals surface area contributed by atoms with Crippen molar-refractivity contribution < 1.29 is 14.6 Å². The summed E-state index contributed by atoms with van der Waals surface area (Å²) in [6.07, 6.45) is 0.451. The van der Waals surface area contributed by atoms with E-state index in [2.05, 4.69) is 27.4 Å². The molecule has 158 valence electrons. The van der Waals surface area contributed by atoms with Gasteiger partial charge in [0.15, 0.2) is 0 Å². The molecule has 1 atom stereocenters. The van der Waals surface area contributed by atoms with Crippen molar-refractivity contribution in [2.45, 2.75) is 26.4 Å². The van der Waals surface area contributed by atoms with Crippen molar-refractivity contribution in [2.24, 2.45) is 0 Å². The number of hydrogen-bond acceptors (Lipinski definition) is 6. The van der Waals surface area contributed by atoms with Crippen molar-refractivity contribution in [3.63, 3.8) is 0 Å². The second kappa shape index (κ2) is 10.7. The summed E-state index contributed by atoms with van der Waals surface area (Å²) >= 11 is 1.58. The van der Waals surface area contributed by atoms with Crippen LogP contribution in [0.4, 0.5) is 5.00 Å². The summed E-state index contributed by atoms with van der Waals surface area (Å²) in [6.45, 7) is 8.71. The van der Waals surface area contributed by atoms with Gasteiger partial charge in [0.05, 0.1) is 11.5 Å². The molecule has 2 aromatic rings. The normalized spacial score (nSPS) is 16.5. The molecular weight excluding hydrogens is 386 g/mol. The first-order valence-corrected chi connectivity index (χ1v) is 11.1. The Hall–Kier alpha value is -1.93. The molecule has 1 aliphatic rings. The SMILES string of the molecule is CCc1csc(NC(=O)CN2CCN(CC(O)COc3ccccc3C)CC2)c1. The third kappa shape index (κ3) is 6.82. The second-order valence-electron chi connectivity index (χ2n) is 7.53. The number of aryl methyl sites for hydroxylation is 2. The Morgan fingerprint density at radius 1 is 1.24 bits per heavy atom. The summed E-state index contributed by atoms with van der Waals surface area (Å²) in [5, 5.41) is 16.3. The van der Waals surface area contributed by atoms with E-state index in [1.807, 2.05) is 37.3 Å². The number of para-hydroxylation sites is 1. The molecule has 1 aliphatic heterocycles. The van der Waals surface area contributed by atoms with Crippen LogP contribution in [0, 0.1) is 6.92 Å². The molecule has 29 heavy (non-hydrogen) atoms. The monoisotopic (exact) mass is 417 g/mol. The van der Waals surface area contributed by atoms with Crippen LogP contribution in [0.3, 0.4) is 0 Å². The molecule has 0 radical (unpaired) electrons. The molecule has 1 aromatic carbocycles. The molecule has 1 fully saturated rings. The molecule has 6 nitrogen and oxygen atoms in total. The number of aliphatic hydroxyl groups is 1. The zero-order chi connectivity index (χ0) is 20.6. The van der Waals surface area contributed by atoms with Crippen LogP contribution in [-0.4, -0.2) is 72.8 Å². The molecule has 1 saturated heterocycles. The van der Waals surface area contributed by atoms with Crippen LogP contribution in [0.25, 0.3) is 0 Å². The maximum atomic E-state index is 12.3. The summed E-state index contributed by atoms with van der Waals surface area (Å²) in [5.74, 6) is 0.855. The van der Waals surface area contributed by atoms with E-state index in [0.29, 0.717) is 13.1 Å². The van der Waals surface area contributed by atoms with E-state index in [1.54, 1.807) is 11.3 Å². The van der Waals surface area contributed by atoms with Crippen LogP contribution in [-0.2, 0) is 11.2 Å². The van der Waals surface area contributed by atoms with E-state index >= 15 is 0 Å². The summed E-state index contributed by atoms with van der Waals surface area (Å²) < 4.78 is 5.74. The van der Waals surface area contributed by atoms with Gasteiger partial charge < -0.3 is 15.2 Å². The highest BCUT2D eigenvalue weighted by atomic mass is 32.1. The number of carbonyl (C=O) groups excluding carboxylic acids is 1. The van der Waals surface area contributed by atoms with Gasteiger partial charge >= 0.3 is 0 Å². The van der Waals surface area contributed by atoms with Crippen molar-refractivity contribution in [1.82, 2.24) is 9.80 Å². The lowest BCUT2D eigenvalue weighted by Gasteiger charge is -2.35. The highest BCUT2D eigenvalue weighted by Gasteiger charge is 2.21. The average molecular weight is 418 g/mol. The fourth-order valence-electron chi connectivity index (χ4n) is 3.39. The summed E-state index contributed by atoms with van der Waals surface area (Å²) in [4.78, 5) is 16.7. The van der Waals surface area contributed by atoms with Crippen LogP contribution in [0.5, 0.6) is 5.75 Å². The molecule has 1 unspecified atom stereocenters. The molecule has 1 amide bonds. The van der Waals surface area contributed by atoms with Crippen LogP contribution < -0.4 is 10.1 Å². The first-order chi connectivity index (χ1) is 14.0. The smallest absolute Gasteiger partial charge is 0.239 e. The first-order valence-electron chi connectivity index (χ1n) is 10.2. The topological polar surface area (TPSA) is 65.0 Å². The Kier molecular flexibility index (Phi) is 8.06. The average Bonchev–Trinajstić information content (AvgIpc) is 3.16. The molecule has 3 rings (SSSR count). The van der Waals surface area contributed by atoms with Gasteiger partial charge in [0.1, 0.15) is 18.5 Å². The Balaban J connectivity index is 1.34. The van der Waals surface area contributed by atoms with E-state index < -0.39 is 6.10 Å². The lowest BCUT2D eigenvalue weighted by atomic mass is 10.2. The molecule has 1 aromatic heterocycles. The third-order valence-electron chi connectivity index (χ3n) is 5.15. The Morgan fingerprint density at radius 3 is 2.66 bits per heavy atom. The molecule has 7 heteroatoms. The van der Waals surface area contributed by atoms with Crippen LogP contribution in [0.2, 0.25) is 0 Å². The van der Waals surface area contributed by atoms with Gasteiger partial charge in [0.25, 0.3) is 0 Å². The number of ether oxygens (including phenoxy) is 1. The maximum Gasteiger partial charge on any atom is 0.239 e. The molecular formula is C22H31N3O3S. The largest absolute Gasteiger partial charge is 0.491 e. The van der Waals surface area contributed by atoms with Gasteiger partial charge in [-0.05, 0) is 42.0 Å². The summed E-state index contributed by atoms with van der Waals surface area (Å²) in [6, 6.07) is 9.87. The van der Waals surface area contributed by atoms with Gasteiger partial charge in [-0.3, -0.25) is 14.6 Å². The van der Waals surface area contributed by atoms with Gasteiger partial charge in [0.2, 0.25) is 5.91 Å². The van der Waals surface area contributed by atoms with Crippen molar-refractivity contribution in [3.8, 4) is 5.75 Å². The highest BCUT2D eigenvalue weighted by molar-refractivity contribution is 7.14. The number of anilines is 1. The number of piperazine rings is 1. The second-order valence-corrected chi connectivity index (χ2v) is 8.44. The maximum absolute atomic E-state index is 12.3. The zero-order valence-corrected chi connectivity index (χ0v) is 18.1. The lowest BCUT2D eigenvalue weighted by Crippen LogP contribution is -2.50. The minimum Gasteiger partial charge on any atom is -0.491 e. The summed E-state index contributed by atoms with van der Waals surface area (Å²) in [7, 11) is 0. The van der Waals surface area contributed by atoms with Crippen LogP contribution >= 0.6 is 11.3 Å². The van der Waals surface area contributed by atoms with E-state index in [1.165, 1.54) is 5.56 Å². The molecule has 2 heterocycles. The lowest BCUT2D eigenvalue weighted by molar-refractivity contribution is -0.117. The van der Waals surface area contributed by atoms with E-state index in [4.69, 9.17) is 4.74 Å². The van der Waals surface area contributed by atoms with Gasteiger partial charge in [0, 0.05) is 32.7 Å². The van der Waals surface area contributed by atoms with Gasteiger partial charge in [-0.15, -0.1) is 11.3 Å². The van der Waals surface area contributed by atoms with Crippen molar-refractivity contribution in [2.75, 3.05) is 51.2 Å². The fraction of sp³-hybridized carbons (Fsp3) is 0.500. The van der Waals surface area contributed by atoms with E-state index in [-0.39, 0.29) is 12.5 Å². The minimum atomic E-state index is -0.531. The number of thiophene rings is 1.